The Kier molecular flexibility index (Phi) is 5.90. The first-order valence-electron chi connectivity index (χ1n) is 9.79. The predicted molar refractivity (Wildman–Crippen MR) is 100 cm³/mol. The molecule has 0 aliphatic carbocycles. The SMILES string of the molecule is CCCOc1cc2c(cc1OC)[C@H]1C[C@@H](O)[C@H](CC(C)C)CN1CC2. The van der Waals surface area contributed by atoms with Crippen LogP contribution in [0.25, 0.3) is 0 Å². The van der Waals surface area contributed by atoms with Crippen molar-refractivity contribution in [3.05, 3.63) is 23.3 Å². The van der Waals surface area contributed by atoms with E-state index in [2.05, 4.69) is 37.8 Å². The quantitative estimate of drug-likeness (QED) is 0.850. The highest BCUT2D eigenvalue weighted by Gasteiger charge is 2.38. The molecule has 1 aromatic carbocycles. The van der Waals surface area contributed by atoms with Crippen LogP contribution in [0.3, 0.4) is 0 Å². The molecule has 3 atom stereocenters. The van der Waals surface area contributed by atoms with E-state index < -0.39 is 0 Å². The van der Waals surface area contributed by atoms with Gasteiger partial charge in [-0.15, -0.1) is 0 Å². The third-order valence-electron chi connectivity index (χ3n) is 5.61. The molecule has 1 fully saturated rings. The van der Waals surface area contributed by atoms with Crippen LogP contribution in [0.15, 0.2) is 12.1 Å². The second kappa shape index (κ2) is 7.96. The van der Waals surface area contributed by atoms with Crippen LogP contribution in [0.2, 0.25) is 0 Å². The number of nitrogens with zero attached hydrogens (tertiary/aromatic N) is 1. The summed E-state index contributed by atoms with van der Waals surface area (Å²) in [5, 5.41) is 10.7. The number of methoxy groups -OCH3 is 1. The lowest BCUT2D eigenvalue weighted by Gasteiger charge is -2.46. The molecule has 2 heterocycles. The highest BCUT2D eigenvalue weighted by Crippen LogP contribution is 2.43. The zero-order chi connectivity index (χ0) is 18.0. The minimum Gasteiger partial charge on any atom is -0.493 e. The molecule has 2 aliphatic heterocycles. The summed E-state index contributed by atoms with van der Waals surface area (Å²) in [5.74, 6) is 2.69. The molecule has 1 saturated heterocycles. The number of hydrogen-bond donors (Lipinski definition) is 1. The number of ether oxygens (including phenoxy) is 2. The van der Waals surface area contributed by atoms with Crippen LogP contribution in [0.4, 0.5) is 0 Å². The van der Waals surface area contributed by atoms with Gasteiger partial charge in [0.1, 0.15) is 0 Å². The lowest BCUT2D eigenvalue weighted by atomic mass is 9.79. The Balaban J connectivity index is 1.84. The summed E-state index contributed by atoms with van der Waals surface area (Å²) in [7, 11) is 1.70. The molecule has 3 rings (SSSR count). The Bertz CT molecular complexity index is 587. The highest BCUT2D eigenvalue weighted by molar-refractivity contribution is 5.49. The topological polar surface area (TPSA) is 41.9 Å². The first kappa shape index (κ1) is 18.5. The van der Waals surface area contributed by atoms with Crippen LogP contribution in [0.1, 0.15) is 57.2 Å². The second-order valence-electron chi connectivity index (χ2n) is 8.00. The first-order valence-corrected chi connectivity index (χ1v) is 9.79. The molecule has 4 nitrogen and oxygen atoms in total. The number of piperidine rings is 1. The molecule has 0 saturated carbocycles. The summed E-state index contributed by atoms with van der Waals surface area (Å²) in [5.41, 5.74) is 2.66. The number of aliphatic hydroxyl groups excluding tert-OH is 1. The second-order valence-corrected chi connectivity index (χ2v) is 8.00. The molecule has 0 spiro atoms. The van der Waals surface area contributed by atoms with E-state index in [4.69, 9.17) is 9.47 Å². The number of rotatable bonds is 6. The summed E-state index contributed by atoms with van der Waals surface area (Å²) >= 11 is 0. The van der Waals surface area contributed by atoms with Gasteiger partial charge in [-0.05, 0) is 60.8 Å². The van der Waals surface area contributed by atoms with Crippen LogP contribution >= 0.6 is 0 Å². The van der Waals surface area contributed by atoms with Gasteiger partial charge >= 0.3 is 0 Å². The van der Waals surface area contributed by atoms with E-state index in [1.54, 1.807) is 7.11 Å². The largest absolute Gasteiger partial charge is 0.493 e. The van der Waals surface area contributed by atoms with Gasteiger partial charge in [-0.1, -0.05) is 20.8 Å². The van der Waals surface area contributed by atoms with E-state index >= 15 is 0 Å². The van der Waals surface area contributed by atoms with Crippen molar-refractivity contribution in [3.63, 3.8) is 0 Å². The van der Waals surface area contributed by atoms with Crippen molar-refractivity contribution in [1.82, 2.24) is 4.90 Å². The molecule has 0 amide bonds. The van der Waals surface area contributed by atoms with E-state index in [-0.39, 0.29) is 6.10 Å². The van der Waals surface area contributed by atoms with E-state index in [1.807, 2.05) is 0 Å². The van der Waals surface area contributed by atoms with Gasteiger partial charge in [-0.2, -0.15) is 0 Å². The van der Waals surface area contributed by atoms with Crippen LogP contribution in [-0.4, -0.2) is 42.9 Å². The Hall–Kier alpha value is -1.26. The maximum absolute atomic E-state index is 10.7. The van der Waals surface area contributed by atoms with Crippen LogP contribution in [0.5, 0.6) is 11.5 Å². The summed E-state index contributed by atoms with van der Waals surface area (Å²) in [4.78, 5) is 2.56. The van der Waals surface area contributed by atoms with Crippen LogP contribution in [-0.2, 0) is 6.42 Å². The lowest BCUT2D eigenvalue weighted by molar-refractivity contribution is -0.0191. The van der Waals surface area contributed by atoms with Gasteiger partial charge in [0, 0.05) is 19.1 Å². The summed E-state index contributed by atoms with van der Waals surface area (Å²) in [6, 6.07) is 4.61. The van der Waals surface area contributed by atoms with Gasteiger partial charge in [0.25, 0.3) is 0 Å². The van der Waals surface area contributed by atoms with Crippen molar-refractivity contribution in [2.24, 2.45) is 11.8 Å². The van der Waals surface area contributed by atoms with E-state index in [0.717, 1.165) is 50.3 Å². The molecule has 0 bridgehead atoms. The molecule has 140 valence electrons. The van der Waals surface area contributed by atoms with Gasteiger partial charge in [-0.3, -0.25) is 4.90 Å². The van der Waals surface area contributed by atoms with E-state index in [1.165, 1.54) is 11.1 Å². The van der Waals surface area contributed by atoms with E-state index in [9.17, 15) is 5.11 Å². The normalized spacial score (nSPS) is 26.2. The number of fused-ring (bicyclic) bond motifs is 3. The molecule has 4 heteroatoms. The summed E-state index contributed by atoms with van der Waals surface area (Å²) in [6.07, 6.45) is 3.74. The fourth-order valence-electron chi connectivity index (χ4n) is 4.42. The Morgan fingerprint density at radius 3 is 2.76 bits per heavy atom. The van der Waals surface area contributed by atoms with Gasteiger partial charge in [0.15, 0.2) is 11.5 Å². The average Bonchev–Trinajstić information content (AvgIpc) is 2.59. The van der Waals surface area contributed by atoms with Crippen LogP contribution < -0.4 is 9.47 Å². The molecular weight excluding hydrogens is 314 g/mol. The van der Waals surface area contributed by atoms with Crippen molar-refractivity contribution in [2.75, 3.05) is 26.8 Å². The maximum Gasteiger partial charge on any atom is 0.161 e. The smallest absolute Gasteiger partial charge is 0.161 e. The van der Waals surface area contributed by atoms with Crippen molar-refractivity contribution in [1.29, 1.82) is 0 Å². The lowest BCUT2D eigenvalue weighted by Crippen LogP contribution is -2.48. The molecule has 1 aromatic rings. The Labute approximate surface area is 152 Å². The molecule has 0 aromatic heterocycles. The molecule has 0 unspecified atom stereocenters. The Morgan fingerprint density at radius 1 is 1.28 bits per heavy atom. The standard InChI is InChI=1S/C21H33NO3/c1-5-8-25-21-10-15-6-7-22-13-16(9-14(2)3)19(23)12-18(22)17(15)11-20(21)24-4/h10-11,14,16,18-19,23H,5-9,12-13H2,1-4H3/t16-,18-,19-/m1/s1. The minimum absolute atomic E-state index is 0.211. The van der Waals surface area contributed by atoms with Gasteiger partial charge in [0.05, 0.1) is 19.8 Å². The summed E-state index contributed by atoms with van der Waals surface area (Å²) in [6.45, 7) is 9.37. The Morgan fingerprint density at radius 2 is 2.08 bits per heavy atom. The van der Waals surface area contributed by atoms with Gasteiger partial charge < -0.3 is 14.6 Å². The first-order chi connectivity index (χ1) is 12.0. The molecule has 2 aliphatic rings. The molecular formula is C21H33NO3. The minimum atomic E-state index is -0.211. The summed E-state index contributed by atoms with van der Waals surface area (Å²) < 4.78 is 11.5. The highest BCUT2D eigenvalue weighted by atomic mass is 16.5. The average molecular weight is 347 g/mol. The molecule has 0 radical (unpaired) electrons. The van der Waals surface area contributed by atoms with Crippen LogP contribution in [0, 0.1) is 11.8 Å². The fraction of sp³-hybridized carbons (Fsp3) is 0.714. The van der Waals surface area contributed by atoms with Crippen molar-refractivity contribution in [3.8, 4) is 11.5 Å². The van der Waals surface area contributed by atoms with Crippen molar-refractivity contribution < 1.29 is 14.6 Å². The van der Waals surface area contributed by atoms with Crippen molar-refractivity contribution in [2.45, 2.75) is 58.6 Å². The maximum atomic E-state index is 10.7. The number of aliphatic hydroxyl groups is 1. The predicted octanol–water partition coefficient (Wildman–Crippen LogP) is 3.81. The van der Waals surface area contributed by atoms with Gasteiger partial charge in [-0.25, -0.2) is 0 Å². The molecule has 25 heavy (non-hydrogen) atoms. The zero-order valence-corrected chi connectivity index (χ0v) is 16.1. The number of hydrogen-bond acceptors (Lipinski definition) is 4. The zero-order valence-electron chi connectivity index (χ0n) is 16.1. The third kappa shape index (κ3) is 3.95. The van der Waals surface area contributed by atoms with Gasteiger partial charge in [0.2, 0.25) is 0 Å². The number of benzene rings is 1. The monoisotopic (exact) mass is 347 g/mol. The van der Waals surface area contributed by atoms with Crippen molar-refractivity contribution >= 4 is 0 Å². The fourth-order valence-corrected chi connectivity index (χ4v) is 4.42. The van der Waals surface area contributed by atoms with E-state index in [0.29, 0.717) is 24.5 Å². The molecule has 1 N–H and O–H groups in total. The third-order valence-corrected chi connectivity index (χ3v) is 5.61.